The predicted molar refractivity (Wildman–Crippen MR) is 87.5 cm³/mol. The van der Waals surface area contributed by atoms with Gasteiger partial charge in [0.1, 0.15) is 6.54 Å². The van der Waals surface area contributed by atoms with Crippen LogP contribution in [0.1, 0.15) is 38.5 Å². The molecule has 0 spiro atoms. The summed E-state index contributed by atoms with van der Waals surface area (Å²) in [7, 11) is -4.24. The van der Waals surface area contributed by atoms with Gasteiger partial charge in [0.15, 0.2) is 0 Å². The lowest BCUT2D eigenvalue weighted by Crippen LogP contribution is -2.33. The Labute approximate surface area is 145 Å². The van der Waals surface area contributed by atoms with E-state index in [1.807, 2.05) is 0 Å². The molecule has 2 rings (SSSR count). The van der Waals surface area contributed by atoms with Crippen LogP contribution in [0.25, 0.3) is 0 Å². The fraction of sp³-hybridized carbons (Fsp3) is 0.562. The van der Waals surface area contributed by atoms with Gasteiger partial charge in [-0.1, -0.05) is 25.7 Å². The molecular weight excluding hydrogens is 357 g/mol. The summed E-state index contributed by atoms with van der Waals surface area (Å²) in [6.07, 6.45) is 1.35. The van der Waals surface area contributed by atoms with Gasteiger partial charge in [0.25, 0.3) is 0 Å². The van der Waals surface area contributed by atoms with Gasteiger partial charge in [-0.2, -0.15) is 13.2 Å². The third-order valence-electron chi connectivity index (χ3n) is 4.17. The van der Waals surface area contributed by atoms with Crippen molar-refractivity contribution in [1.29, 1.82) is 0 Å². The maximum Gasteiger partial charge on any atom is 0.402 e. The summed E-state index contributed by atoms with van der Waals surface area (Å²) in [6, 6.07) is 5.03. The highest BCUT2D eigenvalue weighted by Crippen LogP contribution is 2.28. The zero-order valence-electron chi connectivity index (χ0n) is 13.6. The number of hydrogen-bond donors (Lipinski definition) is 2. The minimum Gasteiger partial charge on any atom is -0.326 e. The zero-order chi connectivity index (χ0) is 18.5. The second-order valence-electron chi connectivity index (χ2n) is 6.20. The second kappa shape index (κ2) is 8.18. The lowest BCUT2D eigenvalue weighted by Gasteiger charge is -2.11. The zero-order valence-corrected chi connectivity index (χ0v) is 14.4. The lowest BCUT2D eigenvalue weighted by atomic mass is 10.0. The number of alkyl halides is 3. The SMILES string of the molecule is O=C(CCC1CCCC1)Nc1ccc(S(=O)(=O)NCC(F)(F)F)cc1. The Morgan fingerprint density at radius 3 is 2.28 bits per heavy atom. The summed E-state index contributed by atoms with van der Waals surface area (Å²) < 4.78 is 61.4. The first kappa shape index (κ1) is 19.7. The van der Waals surface area contributed by atoms with Crippen molar-refractivity contribution in [3.05, 3.63) is 24.3 Å². The Morgan fingerprint density at radius 1 is 1.12 bits per heavy atom. The molecule has 1 aromatic rings. The Hall–Kier alpha value is -1.61. The average Bonchev–Trinajstić information content (AvgIpc) is 3.05. The van der Waals surface area contributed by atoms with E-state index in [1.54, 1.807) is 0 Å². The van der Waals surface area contributed by atoms with Crippen molar-refractivity contribution in [1.82, 2.24) is 4.72 Å². The molecule has 2 N–H and O–H groups in total. The molecule has 0 unspecified atom stereocenters. The Bertz CT molecular complexity index is 682. The van der Waals surface area contributed by atoms with Crippen LogP contribution in [0.5, 0.6) is 0 Å². The first-order valence-corrected chi connectivity index (χ1v) is 9.60. The molecule has 1 aliphatic carbocycles. The van der Waals surface area contributed by atoms with Crippen LogP contribution < -0.4 is 10.0 Å². The van der Waals surface area contributed by atoms with Crippen LogP contribution in [0.2, 0.25) is 0 Å². The van der Waals surface area contributed by atoms with Gasteiger partial charge in [-0.25, -0.2) is 13.1 Å². The number of anilines is 1. The quantitative estimate of drug-likeness (QED) is 0.763. The highest BCUT2D eigenvalue weighted by atomic mass is 32.2. The first-order chi connectivity index (χ1) is 11.7. The first-order valence-electron chi connectivity index (χ1n) is 8.12. The van der Waals surface area contributed by atoms with Gasteiger partial charge in [-0.05, 0) is 36.6 Å². The Morgan fingerprint density at radius 2 is 1.72 bits per heavy atom. The van der Waals surface area contributed by atoms with Crippen LogP contribution in [-0.4, -0.2) is 27.0 Å². The normalized spacial score (nSPS) is 16.1. The number of benzene rings is 1. The van der Waals surface area contributed by atoms with Gasteiger partial charge in [-0.15, -0.1) is 0 Å². The van der Waals surface area contributed by atoms with Crippen molar-refractivity contribution in [2.75, 3.05) is 11.9 Å². The van der Waals surface area contributed by atoms with E-state index in [0.717, 1.165) is 31.4 Å². The molecule has 140 valence electrons. The van der Waals surface area contributed by atoms with Crippen LogP contribution in [0.3, 0.4) is 0 Å². The predicted octanol–water partition coefficient (Wildman–Crippen LogP) is 3.44. The summed E-state index contributed by atoms with van der Waals surface area (Å²) >= 11 is 0. The van der Waals surface area contributed by atoms with Gasteiger partial charge in [0, 0.05) is 12.1 Å². The Kier molecular flexibility index (Phi) is 6.45. The van der Waals surface area contributed by atoms with Crippen molar-refractivity contribution < 1.29 is 26.4 Å². The van der Waals surface area contributed by atoms with Gasteiger partial charge < -0.3 is 5.32 Å². The smallest absolute Gasteiger partial charge is 0.326 e. The van der Waals surface area contributed by atoms with E-state index in [4.69, 9.17) is 0 Å². The van der Waals surface area contributed by atoms with E-state index in [0.29, 0.717) is 18.0 Å². The van der Waals surface area contributed by atoms with Crippen LogP contribution in [0.4, 0.5) is 18.9 Å². The highest BCUT2D eigenvalue weighted by molar-refractivity contribution is 7.89. The summed E-state index contributed by atoms with van der Waals surface area (Å²) in [5.41, 5.74) is 0.409. The van der Waals surface area contributed by atoms with Crippen LogP contribution >= 0.6 is 0 Å². The molecule has 1 aliphatic rings. The molecule has 1 fully saturated rings. The summed E-state index contributed by atoms with van der Waals surface area (Å²) in [4.78, 5) is 11.6. The molecule has 9 heteroatoms. The molecule has 0 aromatic heterocycles. The van der Waals surface area contributed by atoms with E-state index in [9.17, 15) is 26.4 Å². The number of carbonyl (C=O) groups is 1. The van der Waals surface area contributed by atoms with Crippen molar-refractivity contribution in [2.45, 2.75) is 49.6 Å². The number of carbonyl (C=O) groups excluding carboxylic acids is 1. The van der Waals surface area contributed by atoms with E-state index >= 15 is 0 Å². The fourth-order valence-electron chi connectivity index (χ4n) is 2.84. The summed E-state index contributed by atoms with van der Waals surface area (Å²) in [6.45, 7) is -1.63. The van der Waals surface area contributed by atoms with Gasteiger partial charge >= 0.3 is 6.18 Å². The van der Waals surface area contributed by atoms with E-state index < -0.39 is 22.7 Å². The maximum absolute atomic E-state index is 12.1. The number of rotatable bonds is 7. The molecule has 0 bridgehead atoms. The number of halogens is 3. The molecule has 0 atom stereocenters. The second-order valence-corrected chi connectivity index (χ2v) is 7.97. The number of hydrogen-bond acceptors (Lipinski definition) is 3. The van der Waals surface area contributed by atoms with Crippen molar-refractivity contribution in [3.63, 3.8) is 0 Å². The molecule has 0 heterocycles. The summed E-state index contributed by atoms with van der Waals surface area (Å²) in [5, 5.41) is 2.67. The van der Waals surface area contributed by atoms with Crippen LogP contribution in [-0.2, 0) is 14.8 Å². The summed E-state index contributed by atoms with van der Waals surface area (Å²) in [5.74, 6) is 0.440. The van der Waals surface area contributed by atoms with E-state index in [-0.39, 0.29) is 10.8 Å². The molecule has 0 radical (unpaired) electrons. The van der Waals surface area contributed by atoms with Crippen LogP contribution in [0.15, 0.2) is 29.2 Å². The molecule has 0 saturated heterocycles. The van der Waals surface area contributed by atoms with Gasteiger partial charge in [0.05, 0.1) is 4.90 Å². The van der Waals surface area contributed by atoms with Gasteiger partial charge in [0.2, 0.25) is 15.9 Å². The molecule has 1 saturated carbocycles. The highest BCUT2D eigenvalue weighted by Gasteiger charge is 2.30. The van der Waals surface area contributed by atoms with Gasteiger partial charge in [-0.3, -0.25) is 4.79 Å². The Balaban J connectivity index is 1.87. The number of sulfonamides is 1. The van der Waals surface area contributed by atoms with Crippen LogP contribution in [0, 0.1) is 5.92 Å². The topological polar surface area (TPSA) is 75.3 Å². The molecule has 0 aliphatic heterocycles. The third-order valence-corrected chi connectivity index (χ3v) is 5.58. The largest absolute Gasteiger partial charge is 0.402 e. The minimum absolute atomic E-state index is 0.155. The molecule has 5 nitrogen and oxygen atoms in total. The van der Waals surface area contributed by atoms with Crippen molar-refractivity contribution >= 4 is 21.6 Å². The number of amides is 1. The van der Waals surface area contributed by atoms with Crippen molar-refractivity contribution in [3.8, 4) is 0 Å². The molecule has 1 amide bonds. The monoisotopic (exact) mass is 378 g/mol. The lowest BCUT2D eigenvalue weighted by molar-refractivity contribution is -0.121. The van der Waals surface area contributed by atoms with Crippen molar-refractivity contribution in [2.24, 2.45) is 5.92 Å². The number of nitrogens with one attached hydrogen (secondary N) is 2. The molecule has 25 heavy (non-hydrogen) atoms. The maximum atomic E-state index is 12.1. The minimum atomic E-state index is -4.62. The van der Waals surface area contributed by atoms with E-state index in [1.165, 1.54) is 29.7 Å². The molecular formula is C16H21F3N2O3S. The standard InChI is InChI=1S/C16H21F3N2O3S/c17-16(18,19)11-20-25(23,24)14-8-6-13(7-9-14)21-15(22)10-5-12-3-1-2-4-12/h6-9,12,20H,1-5,10-11H2,(H,21,22). The average molecular weight is 378 g/mol. The third kappa shape index (κ3) is 6.66. The fourth-order valence-corrected chi connectivity index (χ4v) is 3.85. The van der Waals surface area contributed by atoms with E-state index in [2.05, 4.69) is 5.32 Å². The molecule has 1 aromatic carbocycles.